The molecule has 0 bridgehead atoms. The molecule has 0 aliphatic rings. The molecule has 16 heavy (non-hydrogen) atoms. The number of rotatable bonds is 4. The summed E-state index contributed by atoms with van der Waals surface area (Å²) in [6, 6.07) is 2.94. The molecule has 0 aliphatic heterocycles. The Hall–Kier alpha value is -2.44. The second-order valence-electron chi connectivity index (χ2n) is 3.09. The molecule has 0 fully saturated rings. The number of nitrogens with zero attached hydrogens (tertiary/aromatic N) is 3. The Morgan fingerprint density at radius 3 is 3.12 bits per heavy atom. The number of hydrogen-bond acceptors (Lipinski definition) is 5. The minimum absolute atomic E-state index is 0.0361. The monoisotopic (exact) mass is 219 g/mol. The van der Waals surface area contributed by atoms with Gasteiger partial charge in [0.2, 0.25) is 5.82 Å². The van der Waals surface area contributed by atoms with E-state index in [1.165, 1.54) is 18.3 Å². The van der Waals surface area contributed by atoms with E-state index < -0.39 is 4.92 Å². The molecule has 0 atom stereocenters. The second kappa shape index (κ2) is 4.39. The van der Waals surface area contributed by atoms with Crippen LogP contribution >= 0.6 is 0 Å². The van der Waals surface area contributed by atoms with Gasteiger partial charge in [-0.1, -0.05) is 0 Å². The quantitative estimate of drug-likeness (QED) is 0.597. The standard InChI is InChI=1S/C9H9N5O2/c15-14(16)8-2-1-3-10-9(8)11-4-7-5-12-13-6-7/h1-3,5-6H,4H2,(H,10,11)(H,12,13). The highest BCUT2D eigenvalue weighted by molar-refractivity contribution is 5.55. The van der Waals surface area contributed by atoms with E-state index >= 15 is 0 Å². The van der Waals surface area contributed by atoms with Crippen LogP contribution in [0.5, 0.6) is 0 Å². The van der Waals surface area contributed by atoms with Gasteiger partial charge in [0.25, 0.3) is 0 Å². The maximum Gasteiger partial charge on any atom is 0.311 e. The SMILES string of the molecule is O=[N+]([O-])c1cccnc1NCc1cn[nH]c1. The molecule has 0 aromatic carbocycles. The van der Waals surface area contributed by atoms with Crippen LogP contribution in [0, 0.1) is 10.1 Å². The van der Waals surface area contributed by atoms with Crippen LogP contribution in [-0.4, -0.2) is 20.1 Å². The Bertz CT molecular complexity index is 482. The van der Waals surface area contributed by atoms with Gasteiger partial charge in [0.1, 0.15) is 0 Å². The lowest BCUT2D eigenvalue weighted by molar-refractivity contribution is -0.384. The third kappa shape index (κ3) is 2.14. The van der Waals surface area contributed by atoms with E-state index in [0.717, 1.165) is 5.56 Å². The van der Waals surface area contributed by atoms with Crippen molar-refractivity contribution >= 4 is 11.5 Å². The van der Waals surface area contributed by atoms with Crippen molar-refractivity contribution in [3.63, 3.8) is 0 Å². The first-order chi connectivity index (χ1) is 7.77. The van der Waals surface area contributed by atoms with Crippen molar-refractivity contribution in [3.8, 4) is 0 Å². The average molecular weight is 219 g/mol. The summed E-state index contributed by atoms with van der Waals surface area (Å²) in [6.45, 7) is 0.439. The summed E-state index contributed by atoms with van der Waals surface area (Å²) < 4.78 is 0. The Balaban J connectivity index is 2.12. The topological polar surface area (TPSA) is 96.7 Å². The molecule has 2 N–H and O–H groups in total. The maximum atomic E-state index is 10.7. The molecule has 2 aromatic heterocycles. The lowest BCUT2D eigenvalue weighted by Crippen LogP contribution is -2.03. The molecule has 2 rings (SSSR count). The van der Waals surface area contributed by atoms with Gasteiger partial charge in [-0.3, -0.25) is 15.2 Å². The van der Waals surface area contributed by atoms with Gasteiger partial charge in [-0.15, -0.1) is 0 Å². The molecule has 2 heterocycles. The van der Waals surface area contributed by atoms with E-state index in [0.29, 0.717) is 6.54 Å². The molecule has 0 amide bonds. The van der Waals surface area contributed by atoms with Crippen molar-refractivity contribution in [2.24, 2.45) is 0 Å². The molecule has 0 saturated heterocycles. The zero-order valence-electron chi connectivity index (χ0n) is 8.25. The van der Waals surface area contributed by atoms with E-state index in [1.807, 2.05) is 0 Å². The van der Waals surface area contributed by atoms with Gasteiger partial charge >= 0.3 is 5.69 Å². The molecule has 0 spiro atoms. The Kier molecular flexibility index (Phi) is 2.77. The highest BCUT2D eigenvalue weighted by Crippen LogP contribution is 2.20. The number of aromatic amines is 1. The molecule has 0 saturated carbocycles. The summed E-state index contributed by atoms with van der Waals surface area (Å²) in [5.74, 6) is 0.258. The molecule has 7 heteroatoms. The number of nitrogens with one attached hydrogen (secondary N) is 2. The molecule has 7 nitrogen and oxygen atoms in total. The van der Waals surface area contributed by atoms with Crippen LogP contribution in [0.1, 0.15) is 5.56 Å². The van der Waals surface area contributed by atoms with Gasteiger partial charge in [-0.2, -0.15) is 5.10 Å². The van der Waals surface area contributed by atoms with Crippen molar-refractivity contribution in [3.05, 3.63) is 46.4 Å². The zero-order valence-corrected chi connectivity index (χ0v) is 8.25. The number of anilines is 1. The summed E-state index contributed by atoms with van der Waals surface area (Å²) in [5, 5.41) is 20.0. The summed E-state index contributed by atoms with van der Waals surface area (Å²) in [5.41, 5.74) is 0.867. The first kappa shape index (κ1) is 10.1. The van der Waals surface area contributed by atoms with Crippen LogP contribution in [0.15, 0.2) is 30.7 Å². The van der Waals surface area contributed by atoms with Crippen molar-refractivity contribution in [1.82, 2.24) is 15.2 Å². The molecular weight excluding hydrogens is 210 g/mol. The van der Waals surface area contributed by atoms with Crippen molar-refractivity contribution in [2.75, 3.05) is 5.32 Å². The minimum atomic E-state index is -0.468. The van der Waals surface area contributed by atoms with Gasteiger partial charge in [0.05, 0.1) is 11.1 Å². The molecule has 0 unspecified atom stereocenters. The van der Waals surface area contributed by atoms with Crippen LogP contribution in [0.4, 0.5) is 11.5 Å². The van der Waals surface area contributed by atoms with Crippen LogP contribution < -0.4 is 5.32 Å². The fourth-order valence-electron chi connectivity index (χ4n) is 1.24. The third-order valence-corrected chi connectivity index (χ3v) is 2.00. The number of pyridine rings is 1. The van der Waals surface area contributed by atoms with Gasteiger partial charge in [0.15, 0.2) is 0 Å². The molecule has 2 aromatic rings. The molecule has 0 aliphatic carbocycles. The van der Waals surface area contributed by atoms with Gasteiger partial charge in [0, 0.05) is 30.6 Å². The lowest BCUT2D eigenvalue weighted by atomic mass is 10.3. The third-order valence-electron chi connectivity index (χ3n) is 2.00. The summed E-state index contributed by atoms with van der Waals surface area (Å²) in [7, 11) is 0. The van der Waals surface area contributed by atoms with Crippen LogP contribution in [0.3, 0.4) is 0 Å². The first-order valence-electron chi connectivity index (χ1n) is 4.58. The Morgan fingerprint density at radius 2 is 2.44 bits per heavy atom. The zero-order chi connectivity index (χ0) is 11.4. The number of aromatic nitrogens is 3. The van der Waals surface area contributed by atoms with Crippen molar-refractivity contribution < 1.29 is 4.92 Å². The number of hydrogen-bond donors (Lipinski definition) is 2. The normalized spacial score (nSPS) is 10.0. The number of nitro groups is 1. The molecule has 0 radical (unpaired) electrons. The predicted molar refractivity (Wildman–Crippen MR) is 56.8 cm³/mol. The first-order valence-corrected chi connectivity index (χ1v) is 4.58. The van der Waals surface area contributed by atoms with Crippen LogP contribution in [-0.2, 0) is 6.54 Å². The maximum absolute atomic E-state index is 10.7. The van der Waals surface area contributed by atoms with E-state index in [-0.39, 0.29) is 11.5 Å². The smallest absolute Gasteiger partial charge is 0.311 e. The number of H-pyrrole nitrogens is 1. The molecular formula is C9H9N5O2. The van der Waals surface area contributed by atoms with Crippen molar-refractivity contribution in [2.45, 2.75) is 6.54 Å². The van der Waals surface area contributed by atoms with Gasteiger partial charge in [-0.05, 0) is 6.07 Å². The van der Waals surface area contributed by atoms with Gasteiger partial charge in [-0.25, -0.2) is 4.98 Å². The minimum Gasteiger partial charge on any atom is -0.360 e. The van der Waals surface area contributed by atoms with Crippen LogP contribution in [0.25, 0.3) is 0 Å². The van der Waals surface area contributed by atoms with E-state index in [2.05, 4.69) is 20.5 Å². The van der Waals surface area contributed by atoms with Crippen LogP contribution in [0.2, 0.25) is 0 Å². The van der Waals surface area contributed by atoms with Crippen molar-refractivity contribution in [1.29, 1.82) is 0 Å². The largest absolute Gasteiger partial charge is 0.360 e. The summed E-state index contributed by atoms with van der Waals surface area (Å²) in [6.07, 6.45) is 4.86. The molecule has 82 valence electrons. The van der Waals surface area contributed by atoms with Gasteiger partial charge < -0.3 is 5.32 Å². The fraction of sp³-hybridized carbons (Fsp3) is 0.111. The highest BCUT2D eigenvalue weighted by Gasteiger charge is 2.13. The lowest BCUT2D eigenvalue weighted by Gasteiger charge is -2.03. The van der Waals surface area contributed by atoms with E-state index in [1.54, 1.807) is 12.4 Å². The summed E-state index contributed by atoms with van der Waals surface area (Å²) in [4.78, 5) is 14.1. The van der Waals surface area contributed by atoms with E-state index in [4.69, 9.17) is 0 Å². The highest BCUT2D eigenvalue weighted by atomic mass is 16.6. The Morgan fingerprint density at radius 1 is 1.56 bits per heavy atom. The second-order valence-corrected chi connectivity index (χ2v) is 3.09. The fourth-order valence-corrected chi connectivity index (χ4v) is 1.24. The Labute approximate surface area is 90.7 Å². The summed E-state index contributed by atoms with van der Waals surface area (Å²) >= 11 is 0. The van der Waals surface area contributed by atoms with E-state index in [9.17, 15) is 10.1 Å². The average Bonchev–Trinajstić information content (AvgIpc) is 2.79. The predicted octanol–water partition coefficient (Wildman–Crippen LogP) is 1.32.